The van der Waals surface area contributed by atoms with Gasteiger partial charge in [-0.1, -0.05) is 25.3 Å². The van der Waals surface area contributed by atoms with Crippen LogP contribution in [-0.4, -0.2) is 61.0 Å². The van der Waals surface area contributed by atoms with Crippen LogP contribution in [0, 0.1) is 17.6 Å². The molecule has 0 bridgehead atoms. The smallest absolute Gasteiger partial charge is 0.234 e. The van der Waals surface area contributed by atoms with Crippen molar-refractivity contribution in [1.29, 1.82) is 0 Å². The molecule has 2 aliphatic rings. The van der Waals surface area contributed by atoms with Crippen molar-refractivity contribution in [2.75, 3.05) is 39.3 Å². The van der Waals surface area contributed by atoms with Gasteiger partial charge in [-0.3, -0.25) is 9.69 Å². The van der Waals surface area contributed by atoms with Crippen LogP contribution in [0.3, 0.4) is 0 Å². The van der Waals surface area contributed by atoms with E-state index >= 15 is 0 Å². The highest BCUT2D eigenvalue weighted by molar-refractivity contribution is 5.78. The maximum atomic E-state index is 13.8. The van der Waals surface area contributed by atoms with Crippen molar-refractivity contribution in [3.8, 4) is 0 Å². The van der Waals surface area contributed by atoms with Crippen molar-refractivity contribution >= 4 is 5.91 Å². The predicted molar refractivity (Wildman–Crippen MR) is 107 cm³/mol. The van der Waals surface area contributed by atoms with Crippen LogP contribution in [0.5, 0.6) is 0 Å². The Balaban J connectivity index is 1.37. The van der Waals surface area contributed by atoms with Crippen molar-refractivity contribution in [3.05, 3.63) is 35.4 Å². The molecule has 6 heteroatoms. The molecule has 1 aromatic carbocycles. The zero-order chi connectivity index (χ0) is 19.9. The Kier molecular flexibility index (Phi) is 7.80. The number of benzene rings is 1. The quantitative estimate of drug-likeness (QED) is 0.773. The largest absolute Gasteiger partial charge is 0.352 e. The maximum Gasteiger partial charge on any atom is 0.234 e. The molecule has 1 saturated carbocycles. The van der Waals surface area contributed by atoms with E-state index < -0.39 is 11.6 Å². The summed E-state index contributed by atoms with van der Waals surface area (Å²) < 4.78 is 27.5. The summed E-state index contributed by atoms with van der Waals surface area (Å²) in [6.45, 7) is 7.16. The molecule has 156 valence electrons. The summed E-state index contributed by atoms with van der Waals surface area (Å²) >= 11 is 0. The third-order valence-corrected chi connectivity index (χ3v) is 6.05. The Morgan fingerprint density at radius 2 is 1.68 bits per heavy atom. The van der Waals surface area contributed by atoms with Gasteiger partial charge < -0.3 is 10.2 Å². The zero-order valence-electron chi connectivity index (χ0n) is 16.9. The van der Waals surface area contributed by atoms with E-state index in [1.165, 1.54) is 56.8 Å². The Morgan fingerprint density at radius 1 is 1.07 bits per heavy atom. The number of carbonyl (C=O) groups excluding carboxylic acids is 1. The van der Waals surface area contributed by atoms with Crippen molar-refractivity contribution in [2.24, 2.45) is 5.92 Å². The lowest BCUT2D eigenvalue weighted by atomic mass is 9.89. The number of amides is 1. The highest BCUT2D eigenvalue weighted by Crippen LogP contribution is 2.24. The van der Waals surface area contributed by atoms with Crippen molar-refractivity contribution in [3.63, 3.8) is 0 Å². The van der Waals surface area contributed by atoms with Crippen LogP contribution >= 0.6 is 0 Å². The molecule has 3 rings (SSSR count). The fraction of sp³-hybridized carbons (Fsp3) is 0.682. The summed E-state index contributed by atoms with van der Waals surface area (Å²) in [6.07, 6.45) is 7.02. The second kappa shape index (κ2) is 10.3. The van der Waals surface area contributed by atoms with Gasteiger partial charge in [-0.15, -0.1) is 0 Å². The Labute approximate surface area is 167 Å². The van der Waals surface area contributed by atoms with Crippen LogP contribution in [0.25, 0.3) is 0 Å². The molecule has 2 fully saturated rings. The van der Waals surface area contributed by atoms with Crippen LogP contribution in [0.4, 0.5) is 8.78 Å². The average Bonchev–Trinajstić information content (AvgIpc) is 2.67. The lowest BCUT2D eigenvalue weighted by Gasteiger charge is -2.37. The molecule has 1 saturated heterocycles. The zero-order valence-corrected chi connectivity index (χ0v) is 16.9. The van der Waals surface area contributed by atoms with Crippen LogP contribution in [-0.2, 0) is 11.2 Å². The molecular weight excluding hydrogens is 360 g/mol. The molecule has 1 aromatic rings. The molecular formula is C22H33F2N3O. The molecule has 0 radical (unpaired) electrons. The molecule has 0 aromatic heterocycles. The van der Waals surface area contributed by atoms with Gasteiger partial charge in [0.1, 0.15) is 11.6 Å². The minimum absolute atomic E-state index is 0.0339. The van der Waals surface area contributed by atoms with Gasteiger partial charge in [-0.05, 0) is 44.2 Å². The van der Waals surface area contributed by atoms with E-state index in [0.717, 1.165) is 32.1 Å². The van der Waals surface area contributed by atoms with Crippen LogP contribution in [0.2, 0.25) is 0 Å². The third kappa shape index (κ3) is 6.24. The van der Waals surface area contributed by atoms with Gasteiger partial charge in [-0.25, -0.2) is 8.78 Å². The predicted octanol–water partition coefficient (Wildman–Crippen LogP) is 3.21. The summed E-state index contributed by atoms with van der Waals surface area (Å²) in [5.41, 5.74) is 0.0339. The summed E-state index contributed by atoms with van der Waals surface area (Å²) in [5.74, 6) is -0.349. The number of carbonyl (C=O) groups is 1. The van der Waals surface area contributed by atoms with E-state index in [-0.39, 0.29) is 23.9 Å². The molecule has 1 amide bonds. The molecule has 28 heavy (non-hydrogen) atoms. The molecule has 1 aliphatic heterocycles. The van der Waals surface area contributed by atoms with E-state index in [4.69, 9.17) is 0 Å². The van der Waals surface area contributed by atoms with E-state index in [0.29, 0.717) is 6.54 Å². The molecule has 1 aliphatic carbocycles. The first-order valence-corrected chi connectivity index (χ1v) is 10.7. The monoisotopic (exact) mass is 393 g/mol. The number of piperazine rings is 1. The first-order chi connectivity index (χ1) is 13.5. The first kappa shape index (κ1) is 21.2. The van der Waals surface area contributed by atoms with Gasteiger partial charge in [0.05, 0.1) is 6.54 Å². The highest BCUT2D eigenvalue weighted by Gasteiger charge is 2.23. The third-order valence-electron chi connectivity index (χ3n) is 6.05. The SMILES string of the molecule is CC(Cc1c(F)cccc1F)NC(=O)CN1CCN(CC2CCCCC2)CC1. The molecule has 0 spiro atoms. The lowest BCUT2D eigenvalue weighted by molar-refractivity contribution is -0.123. The van der Waals surface area contributed by atoms with Crippen LogP contribution in [0.1, 0.15) is 44.6 Å². The molecule has 1 N–H and O–H groups in total. The van der Waals surface area contributed by atoms with E-state index in [2.05, 4.69) is 15.1 Å². The summed E-state index contributed by atoms with van der Waals surface area (Å²) in [4.78, 5) is 17.0. The van der Waals surface area contributed by atoms with E-state index in [1.54, 1.807) is 6.92 Å². The first-order valence-electron chi connectivity index (χ1n) is 10.7. The normalized spacial score (nSPS) is 20.8. The maximum absolute atomic E-state index is 13.8. The summed E-state index contributed by atoms with van der Waals surface area (Å²) in [5, 5.41) is 2.88. The van der Waals surface area contributed by atoms with Gasteiger partial charge >= 0.3 is 0 Å². The highest BCUT2D eigenvalue weighted by atomic mass is 19.1. The van der Waals surface area contributed by atoms with Gasteiger partial charge in [-0.2, -0.15) is 0 Å². The molecule has 4 nitrogen and oxygen atoms in total. The van der Waals surface area contributed by atoms with Crippen molar-refractivity contribution in [1.82, 2.24) is 15.1 Å². The number of rotatable bonds is 7. The van der Waals surface area contributed by atoms with Crippen molar-refractivity contribution in [2.45, 2.75) is 51.5 Å². The summed E-state index contributed by atoms with van der Waals surface area (Å²) in [7, 11) is 0. The Morgan fingerprint density at radius 3 is 2.32 bits per heavy atom. The number of hydrogen-bond acceptors (Lipinski definition) is 3. The minimum atomic E-state index is -0.560. The number of halogens is 2. The fourth-order valence-electron chi connectivity index (χ4n) is 4.47. The minimum Gasteiger partial charge on any atom is -0.352 e. The second-order valence-electron chi connectivity index (χ2n) is 8.45. The average molecular weight is 394 g/mol. The van der Waals surface area contributed by atoms with Crippen molar-refractivity contribution < 1.29 is 13.6 Å². The van der Waals surface area contributed by atoms with E-state index in [1.807, 2.05) is 0 Å². The van der Waals surface area contributed by atoms with E-state index in [9.17, 15) is 13.6 Å². The van der Waals surface area contributed by atoms with Crippen LogP contribution < -0.4 is 5.32 Å². The second-order valence-corrected chi connectivity index (χ2v) is 8.45. The Bertz CT molecular complexity index is 620. The molecule has 1 atom stereocenters. The standard InChI is InChI=1S/C22H33F2N3O/c1-17(14-19-20(23)8-5-9-21(19)24)25-22(28)16-27-12-10-26(11-13-27)15-18-6-3-2-4-7-18/h5,8-9,17-18H,2-4,6-7,10-16H2,1H3,(H,25,28). The topological polar surface area (TPSA) is 35.6 Å². The number of nitrogens with one attached hydrogen (secondary N) is 1. The van der Waals surface area contributed by atoms with Gasteiger partial charge in [0.2, 0.25) is 5.91 Å². The fourth-order valence-corrected chi connectivity index (χ4v) is 4.47. The number of hydrogen-bond donors (Lipinski definition) is 1. The van der Waals surface area contributed by atoms with Gasteiger partial charge in [0.15, 0.2) is 0 Å². The lowest BCUT2D eigenvalue weighted by Crippen LogP contribution is -2.51. The van der Waals surface area contributed by atoms with Gasteiger partial charge in [0.25, 0.3) is 0 Å². The molecule has 1 heterocycles. The summed E-state index contributed by atoms with van der Waals surface area (Å²) in [6, 6.07) is 3.54. The van der Waals surface area contributed by atoms with Crippen LogP contribution in [0.15, 0.2) is 18.2 Å². The molecule has 1 unspecified atom stereocenters. The Hall–Kier alpha value is -1.53. The van der Waals surface area contributed by atoms with Gasteiger partial charge in [0, 0.05) is 44.3 Å². The number of nitrogens with zero attached hydrogens (tertiary/aromatic N) is 2.